The molecule has 1 rings (SSSR count). The molecule has 1 amide bonds. The van der Waals surface area contributed by atoms with Gasteiger partial charge in [-0.3, -0.25) is 4.79 Å². The Hall–Kier alpha value is -0.590. The highest BCUT2D eigenvalue weighted by Crippen LogP contribution is 2.29. The van der Waals surface area contributed by atoms with E-state index in [9.17, 15) is 13.2 Å². The Kier molecular flexibility index (Phi) is 7.16. The van der Waals surface area contributed by atoms with Crippen LogP contribution < -0.4 is 5.32 Å². The van der Waals surface area contributed by atoms with Crippen LogP contribution in [0.25, 0.3) is 0 Å². The lowest BCUT2D eigenvalue weighted by Crippen LogP contribution is -2.32. The van der Waals surface area contributed by atoms with Gasteiger partial charge < -0.3 is 5.32 Å². The van der Waals surface area contributed by atoms with Gasteiger partial charge in [-0.2, -0.15) is 0 Å². The molecule has 1 N–H and O–H groups in total. The molecule has 0 spiro atoms. The fourth-order valence-electron chi connectivity index (χ4n) is 2.20. The molecule has 0 aromatic carbocycles. The van der Waals surface area contributed by atoms with Crippen molar-refractivity contribution >= 4 is 37.0 Å². The highest BCUT2D eigenvalue weighted by Gasteiger charge is 2.21. The number of rotatable bonds is 8. The fourth-order valence-corrected chi connectivity index (χ4v) is 4.30. The molecule has 1 aromatic rings. The molecule has 21 heavy (non-hydrogen) atoms. The summed E-state index contributed by atoms with van der Waals surface area (Å²) in [6, 6.07) is 2.95. The average molecular weight is 352 g/mol. The van der Waals surface area contributed by atoms with Gasteiger partial charge >= 0.3 is 0 Å². The lowest BCUT2D eigenvalue weighted by Gasteiger charge is -2.18. The first-order valence-electron chi connectivity index (χ1n) is 7.14. The molecule has 0 aliphatic rings. The van der Waals surface area contributed by atoms with E-state index < -0.39 is 9.05 Å². The van der Waals surface area contributed by atoms with Crippen LogP contribution in [-0.2, 0) is 13.8 Å². The largest absolute Gasteiger partial charge is 0.349 e. The zero-order chi connectivity index (χ0) is 16.0. The standard InChI is InChI=1S/C14H22ClNO3S2/c1-4-6-11(7-5-2)14(17)16-10(3)12-8-9-13(20-12)21(15,18)19/h8-11H,4-7H2,1-3H3,(H,16,17). The summed E-state index contributed by atoms with van der Waals surface area (Å²) in [5.41, 5.74) is 0. The van der Waals surface area contributed by atoms with Crippen molar-refractivity contribution in [2.45, 2.75) is 56.7 Å². The molecular weight excluding hydrogens is 330 g/mol. The highest BCUT2D eigenvalue weighted by molar-refractivity contribution is 8.15. The van der Waals surface area contributed by atoms with Crippen molar-refractivity contribution in [2.75, 3.05) is 0 Å². The van der Waals surface area contributed by atoms with Crippen LogP contribution in [0.15, 0.2) is 16.3 Å². The molecule has 0 saturated carbocycles. The average Bonchev–Trinajstić information content (AvgIpc) is 2.87. The van der Waals surface area contributed by atoms with Crippen LogP contribution in [0.5, 0.6) is 0 Å². The van der Waals surface area contributed by atoms with Gasteiger partial charge in [0.1, 0.15) is 4.21 Å². The van der Waals surface area contributed by atoms with E-state index in [2.05, 4.69) is 19.2 Å². The summed E-state index contributed by atoms with van der Waals surface area (Å²) in [5, 5.41) is 2.96. The van der Waals surface area contributed by atoms with E-state index in [-0.39, 0.29) is 22.1 Å². The summed E-state index contributed by atoms with van der Waals surface area (Å²) in [6.07, 6.45) is 3.69. The number of carbonyl (C=O) groups is 1. The lowest BCUT2D eigenvalue weighted by molar-refractivity contribution is -0.126. The van der Waals surface area contributed by atoms with E-state index >= 15 is 0 Å². The van der Waals surface area contributed by atoms with Crippen molar-refractivity contribution in [2.24, 2.45) is 5.92 Å². The topological polar surface area (TPSA) is 63.2 Å². The normalized spacial score (nSPS) is 13.4. The molecule has 0 fully saturated rings. The summed E-state index contributed by atoms with van der Waals surface area (Å²) in [4.78, 5) is 13.0. The second-order valence-electron chi connectivity index (χ2n) is 5.10. The van der Waals surface area contributed by atoms with E-state index in [0.29, 0.717) is 0 Å². The lowest BCUT2D eigenvalue weighted by atomic mass is 9.97. The number of nitrogens with one attached hydrogen (secondary N) is 1. The first-order chi connectivity index (χ1) is 9.79. The van der Waals surface area contributed by atoms with Crippen molar-refractivity contribution in [3.8, 4) is 0 Å². The summed E-state index contributed by atoms with van der Waals surface area (Å²) in [6.45, 7) is 5.98. The van der Waals surface area contributed by atoms with Gasteiger partial charge in [-0.25, -0.2) is 8.42 Å². The van der Waals surface area contributed by atoms with Crippen molar-refractivity contribution < 1.29 is 13.2 Å². The highest BCUT2D eigenvalue weighted by atomic mass is 35.7. The molecular formula is C14H22ClNO3S2. The molecule has 0 aliphatic carbocycles. The first-order valence-corrected chi connectivity index (χ1v) is 10.3. The van der Waals surface area contributed by atoms with Crippen LogP contribution in [0.3, 0.4) is 0 Å². The molecule has 7 heteroatoms. The Labute approximate surface area is 135 Å². The van der Waals surface area contributed by atoms with Gasteiger partial charge in [0.2, 0.25) is 5.91 Å². The second-order valence-corrected chi connectivity index (χ2v) is 9.01. The summed E-state index contributed by atoms with van der Waals surface area (Å²) < 4.78 is 22.6. The van der Waals surface area contributed by atoms with Gasteiger partial charge in [0, 0.05) is 21.5 Å². The summed E-state index contributed by atoms with van der Waals surface area (Å²) in [5.74, 6) is 0.0634. The Morgan fingerprint density at radius 2 is 1.86 bits per heavy atom. The monoisotopic (exact) mass is 351 g/mol. The minimum Gasteiger partial charge on any atom is -0.349 e. The first kappa shape index (κ1) is 18.5. The second kappa shape index (κ2) is 8.15. The van der Waals surface area contributed by atoms with Gasteiger partial charge in [-0.1, -0.05) is 26.7 Å². The van der Waals surface area contributed by atoms with E-state index in [1.54, 1.807) is 6.07 Å². The Bertz CT molecular complexity index is 563. The van der Waals surface area contributed by atoms with Crippen LogP contribution in [0.1, 0.15) is 57.4 Å². The predicted octanol–water partition coefficient (Wildman–Crippen LogP) is 4.07. The van der Waals surface area contributed by atoms with Crippen molar-refractivity contribution in [3.63, 3.8) is 0 Å². The number of amides is 1. The van der Waals surface area contributed by atoms with E-state index in [1.165, 1.54) is 6.07 Å². The molecule has 1 heterocycles. The van der Waals surface area contributed by atoms with E-state index in [4.69, 9.17) is 10.7 Å². The Morgan fingerprint density at radius 1 is 1.29 bits per heavy atom. The third-order valence-corrected chi connectivity index (χ3v) is 6.63. The summed E-state index contributed by atoms with van der Waals surface area (Å²) >= 11 is 1.09. The van der Waals surface area contributed by atoms with Gasteiger partial charge in [0.05, 0.1) is 6.04 Å². The van der Waals surface area contributed by atoms with Crippen LogP contribution in [-0.4, -0.2) is 14.3 Å². The van der Waals surface area contributed by atoms with Gasteiger partial charge in [-0.15, -0.1) is 11.3 Å². The maximum atomic E-state index is 12.3. The number of halogens is 1. The summed E-state index contributed by atoms with van der Waals surface area (Å²) in [7, 11) is 1.61. The van der Waals surface area contributed by atoms with Crippen LogP contribution in [0.4, 0.5) is 0 Å². The Morgan fingerprint density at radius 3 is 2.29 bits per heavy atom. The molecule has 1 unspecified atom stereocenters. The van der Waals surface area contributed by atoms with Gasteiger partial charge in [-0.05, 0) is 31.9 Å². The maximum absolute atomic E-state index is 12.3. The zero-order valence-corrected chi connectivity index (χ0v) is 14.9. The number of hydrogen-bond donors (Lipinski definition) is 1. The van der Waals surface area contributed by atoms with E-state index in [0.717, 1.165) is 41.9 Å². The quantitative estimate of drug-likeness (QED) is 0.718. The molecule has 0 radical (unpaired) electrons. The molecule has 4 nitrogen and oxygen atoms in total. The van der Waals surface area contributed by atoms with Crippen molar-refractivity contribution in [3.05, 3.63) is 17.0 Å². The molecule has 0 saturated heterocycles. The van der Waals surface area contributed by atoms with Gasteiger partial charge in [0.15, 0.2) is 0 Å². The SMILES string of the molecule is CCCC(CCC)C(=O)NC(C)c1ccc(S(=O)(=O)Cl)s1. The number of thiophene rings is 1. The third kappa shape index (κ3) is 5.60. The maximum Gasteiger partial charge on any atom is 0.270 e. The predicted molar refractivity (Wildman–Crippen MR) is 87.2 cm³/mol. The van der Waals surface area contributed by atoms with Crippen LogP contribution in [0.2, 0.25) is 0 Å². The molecule has 0 bridgehead atoms. The number of carbonyl (C=O) groups excluding carboxylic acids is 1. The Balaban J connectivity index is 2.73. The fraction of sp³-hybridized carbons (Fsp3) is 0.643. The van der Waals surface area contributed by atoms with E-state index in [1.807, 2.05) is 6.92 Å². The third-order valence-electron chi connectivity index (χ3n) is 3.27. The minimum absolute atomic E-state index is 0.0265. The molecule has 120 valence electrons. The zero-order valence-electron chi connectivity index (χ0n) is 12.6. The van der Waals surface area contributed by atoms with Crippen LogP contribution in [0, 0.1) is 5.92 Å². The molecule has 0 aliphatic heterocycles. The van der Waals surface area contributed by atoms with Crippen molar-refractivity contribution in [1.29, 1.82) is 0 Å². The van der Waals surface area contributed by atoms with Crippen LogP contribution >= 0.6 is 22.0 Å². The number of hydrogen-bond acceptors (Lipinski definition) is 4. The smallest absolute Gasteiger partial charge is 0.270 e. The minimum atomic E-state index is -3.70. The molecule has 1 aromatic heterocycles. The van der Waals surface area contributed by atoms with Crippen molar-refractivity contribution in [1.82, 2.24) is 5.32 Å². The van der Waals surface area contributed by atoms with Gasteiger partial charge in [0.25, 0.3) is 9.05 Å². The molecule has 1 atom stereocenters.